The van der Waals surface area contributed by atoms with Gasteiger partial charge in [0.05, 0.1) is 29.9 Å². The maximum Gasteiger partial charge on any atom is 0.235 e. The Morgan fingerprint density at radius 3 is 2.92 bits per heavy atom. The molecular formula is C20H24FN3O2. The zero-order valence-electron chi connectivity index (χ0n) is 14.8. The van der Waals surface area contributed by atoms with Gasteiger partial charge in [-0.2, -0.15) is 5.10 Å². The van der Waals surface area contributed by atoms with Crippen molar-refractivity contribution in [1.82, 2.24) is 9.78 Å². The fourth-order valence-electron chi connectivity index (χ4n) is 4.19. The molecule has 0 spiro atoms. The summed E-state index contributed by atoms with van der Waals surface area (Å²) in [5, 5.41) is 7.33. The first kappa shape index (κ1) is 17.2. The standard InChI is InChI=1S/C20H24FN3O2/c21-16-6-3-5-15(11-16)20(8-1-2-9-20)19(25)23-17-12-22-24(13-17)14-18-7-4-10-26-18/h3,5-6,11-13,18H,1-2,4,7-10,14H2,(H,23,25). The number of benzene rings is 1. The Balaban J connectivity index is 1.49. The quantitative estimate of drug-likeness (QED) is 0.889. The lowest BCUT2D eigenvalue weighted by Gasteiger charge is -2.28. The average molecular weight is 357 g/mol. The molecule has 2 aromatic rings. The number of ether oxygens (including phenoxy) is 1. The highest BCUT2D eigenvalue weighted by Gasteiger charge is 2.43. The highest BCUT2D eigenvalue weighted by Crippen LogP contribution is 2.42. The van der Waals surface area contributed by atoms with Crippen LogP contribution in [0.25, 0.3) is 0 Å². The molecule has 1 unspecified atom stereocenters. The Morgan fingerprint density at radius 2 is 2.19 bits per heavy atom. The van der Waals surface area contributed by atoms with Gasteiger partial charge in [0.2, 0.25) is 5.91 Å². The summed E-state index contributed by atoms with van der Waals surface area (Å²) in [6.45, 7) is 1.51. The van der Waals surface area contributed by atoms with Crippen LogP contribution < -0.4 is 5.32 Å². The zero-order chi connectivity index (χ0) is 18.0. The maximum atomic E-state index is 13.7. The third-order valence-corrected chi connectivity index (χ3v) is 5.57. The summed E-state index contributed by atoms with van der Waals surface area (Å²) in [5.41, 5.74) is 0.786. The minimum absolute atomic E-state index is 0.0720. The highest BCUT2D eigenvalue weighted by molar-refractivity contribution is 5.99. The molecule has 0 radical (unpaired) electrons. The van der Waals surface area contributed by atoms with Crippen molar-refractivity contribution in [2.24, 2.45) is 0 Å². The van der Waals surface area contributed by atoms with E-state index >= 15 is 0 Å². The molecule has 1 aliphatic heterocycles. The number of nitrogens with zero attached hydrogens (tertiary/aromatic N) is 2. The van der Waals surface area contributed by atoms with E-state index in [-0.39, 0.29) is 17.8 Å². The minimum atomic E-state index is -0.654. The number of rotatable bonds is 5. The number of nitrogens with one attached hydrogen (secondary N) is 1. The summed E-state index contributed by atoms with van der Waals surface area (Å²) in [7, 11) is 0. The van der Waals surface area contributed by atoms with E-state index in [9.17, 15) is 9.18 Å². The minimum Gasteiger partial charge on any atom is -0.376 e. The molecule has 1 atom stereocenters. The van der Waals surface area contributed by atoms with Gasteiger partial charge in [-0.15, -0.1) is 0 Å². The SMILES string of the molecule is O=C(Nc1cnn(CC2CCCO2)c1)C1(c2cccc(F)c2)CCCC1. The maximum absolute atomic E-state index is 13.7. The molecular weight excluding hydrogens is 333 g/mol. The monoisotopic (exact) mass is 357 g/mol. The number of amides is 1. The number of halogens is 1. The summed E-state index contributed by atoms with van der Waals surface area (Å²) >= 11 is 0. The van der Waals surface area contributed by atoms with Crippen molar-refractivity contribution in [2.45, 2.75) is 56.6 Å². The molecule has 0 bridgehead atoms. The van der Waals surface area contributed by atoms with Crippen molar-refractivity contribution < 1.29 is 13.9 Å². The second kappa shape index (κ2) is 7.19. The smallest absolute Gasteiger partial charge is 0.235 e. The van der Waals surface area contributed by atoms with Crippen LogP contribution in [-0.2, 0) is 21.5 Å². The van der Waals surface area contributed by atoms with Crippen LogP contribution in [0.2, 0.25) is 0 Å². The number of carbonyl (C=O) groups excluding carboxylic acids is 1. The van der Waals surface area contributed by atoms with Gasteiger partial charge in [0.25, 0.3) is 0 Å². The van der Waals surface area contributed by atoms with Gasteiger partial charge in [0, 0.05) is 12.8 Å². The fraction of sp³-hybridized carbons (Fsp3) is 0.500. The Morgan fingerprint density at radius 1 is 1.35 bits per heavy atom. The Labute approximate surface area is 152 Å². The summed E-state index contributed by atoms with van der Waals surface area (Å²) < 4.78 is 21.2. The van der Waals surface area contributed by atoms with Crippen molar-refractivity contribution in [1.29, 1.82) is 0 Å². The van der Waals surface area contributed by atoms with E-state index in [1.54, 1.807) is 12.3 Å². The lowest BCUT2D eigenvalue weighted by Crippen LogP contribution is -2.38. The molecule has 6 heteroatoms. The summed E-state index contributed by atoms with van der Waals surface area (Å²) in [4.78, 5) is 13.1. The number of carbonyl (C=O) groups is 1. The third-order valence-electron chi connectivity index (χ3n) is 5.57. The fourth-order valence-corrected chi connectivity index (χ4v) is 4.19. The van der Waals surface area contributed by atoms with Crippen molar-refractivity contribution in [3.63, 3.8) is 0 Å². The predicted molar refractivity (Wildman–Crippen MR) is 96.4 cm³/mol. The molecule has 26 heavy (non-hydrogen) atoms. The first-order valence-electron chi connectivity index (χ1n) is 9.37. The largest absolute Gasteiger partial charge is 0.376 e. The number of hydrogen-bond acceptors (Lipinski definition) is 3. The van der Waals surface area contributed by atoms with Gasteiger partial charge in [-0.25, -0.2) is 4.39 Å². The molecule has 2 aliphatic rings. The van der Waals surface area contributed by atoms with Crippen LogP contribution in [0.3, 0.4) is 0 Å². The molecule has 1 aromatic heterocycles. The number of anilines is 1. The van der Waals surface area contributed by atoms with Gasteiger partial charge in [0.15, 0.2) is 0 Å². The van der Waals surface area contributed by atoms with Crippen molar-refractivity contribution in [2.75, 3.05) is 11.9 Å². The van der Waals surface area contributed by atoms with Crippen LogP contribution in [0.1, 0.15) is 44.1 Å². The van der Waals surface area contributed by atoms with E-state index in [1.807, 2.05) is 16.9 Å². The Bertz CT molecular complexity index is 777. The second-order valence-corrected chi connectivity index (χ2v) is 7.34. The van der Waals surface area contributed by atoms with Gasteiger partial charge >= 0.3 is 0 Å². The van der Waals surface area contributed by atoms with Crippen LogP contribution in [0.4, 0.5) is 10.1 Å². The van der Waals surface area contributed by atoms with E-state index < -0.39 is 5.41 Å². The topological polar surface area (TPSA) is 56.2 Å². The molecule has 1 saturated carbocycles. The second-order valence-electron chi connectivity index (χ2n) is 7.34. The first-order valence-corrected chi connectivity index (χ1v) is 9.37. The highest BCUT2D eigenvalue weighted by atomic mass is 19.1. The van der Waals surface area contributed by atoms with Crippen LogP contribution in [0, 0.1) is 5.82 Å². The summed E-state index contributed by atoms with van der Waals surface area (Å²) in [6.07, 6.45) is 9.28. The normalized spacial score (nSPS) is 21.8. The van der Waals surface area contributed by atoms with Crippen LogP contribution in [0.5, 0.6) is 0 Å². The molecule has 1 N–H and O–H groups in total. The number of hydrogen-bond donors (Lipinski definition) is 1. The molecule has 4 rings (SSSR count). The Hall–Kier alpha value is -2.21. The lowest BCUT2D eigenvalue weighted by atomic mass is 9.78. The van der Waals surface area contributed by atoms with Crippen LogP contribution >= 0.6 is 0 Å². The van der Waals surface area contributed by atoms with Gasteiger partial charge in [0.1, 0.15) is 5.82 Å². The molecule has 5 nitrogen and oxygen atoms in total. The van der Waals surface area contributed by atoms with Crippen molar-refractivity contribution in [3.8, 4) is 0 Å². The van der Waals surface area contributed by atoms with Crippen molar-refractivity contribution >= 4 is 11.6 Å². The van der Waals surface area contributed by atoms with Gasteiger partial charge in [-0.3, -0.25) is 9.48 Å². The molecule has 1 amide bonds. The van der Waals surface area contributed by atoms with Gasteiger partial charge in [-0.1, -0.05) is 25.0 Å². The van der Waals surface area contributed by atoms with E-state index in [0.717, 1.165) is 50.7 Å². The van der Waals surface area contributed by atoms with Crippen LogP contribution in [0.15, 0.2) is 36.7 Å². The molecule has 1 aliphatic carbocycles. The molecule has 1 saturated heterocycles. The molecule has 1 aromatic carbocycles. The molecule has 138 valence electrons. The van der Waals surface area contributed by atoms with Gasteiger partial charge in [-0.05, 0) is 43.4 Å². The Kier molecular flexibility index (Phi) is 4.76. The molecule has 2 heterocycles. The predicted octanol–water partition coefficient (Wildman–Crippen LogP) is 3.65. The zero-order valence-corrected chi connectivity index (χ0v) is 14.8. The van der Waals surface area contributed by atoms with Gasteiger partial charge < -0.3 is 10.1 Å². The van der Waals surface area contributed by atoms with E-state index in [2.05, 4.69) is 10.4 Å². The lowest BCUT2D eigenvalue weighted by molar-refractivity contribution is -0.121. The summed E-state index contributed by atoms with van der Waals surface area (Å²) in [5.74, 6) is -0.372. The molecule has 2 fully saturated rings. The van der Waals surface area contributed by atoms with E-state index in [4.69, 9.17) is 4.74 Å². The van der Waals surface area contributed by atoms with Crippen LogP contribution in [-0.4, -0.2) is 28.4 Å². The summed E-state index contributed by atoms with van der Waals surface area (Å²) in [6, 6.07) is 6.44. The van der Waals surface area contributed by atoms with E-state index in [1.165, 1.54) is 12.1 Å². The van der Waals surface area contributed by atoms with E-state index in [0.29, 0.717) is 12.2 Å². The third kappa shape index (κ3) is 3.38. The van der Waals surface area contributed by atoms with Crippen molar-refractivity contribution in [3.05, 3.63) is 48.0 Å². The number of aromatic nitrogens is 2. The first-order chi connectivity index (χ1) is 12.7. The average Bonchev–Trinajstić information content (AvgIpc) is 3.37.